The highest BCUT2D eigenvalue weighted by atomic mass is 35.5. The van der Waals surface area contributed by atoms with Crippen LogP contribution in [-0.2, 0) is 14.8 Å². The lowest BCUT2D eigenvalue weighted by molar-refractivity contribution is -0.121. The molecule has 0 saturated heterocycles. The third-order valence-electron chi connectivity index (χ3n) is 3.45. The van der Waals surface area contributed by atoms with Crippen LogP contribution in [0.15, 0.2) is 59.5 Å². The number of nitrogens with one attached hydrogen (secondary N) is 2. The number of carbonyl (C=O) groups is 1. The summed E-state index contributed by atoms with van der Waals surface area (Å²) in [5.74, 6) is -0.217. The van der Waals surface area contributed by atoms with Crippen LogP contribution in [0.2, 0.25) is 5.02 Å². The fourth-order valence-electron chi connectivity index (χ4n) is 2.13. The Hall–Kier alpha value is -1.89. The minimum absolute atomic E-state index is 0.0261. The van der Waals surface area contributed by atoms with Gasteiger partial charge in [0, 0.05) is 18.0 Å². The van der Waals surface area contributed by atoms with Crippen molar-refractivity contribution in [2.45, 2.75) is 24.3 Å². The van der Waals surface area contributed by atoms with E-state index in [1.807, 2.05) is 37.3 Å². The predicted octanol–water partition coefficient (Wildman–Crippen LogP) is 2.89. The predicted molar refractivity (Wildman–Crippen MR) is 94.3 cm³/mol. The highest BCUT2D eigenvalue weighted by Gasteiger charge is 2.15. The molecule has 24 heavy (non-hydrogen) atoms. The van der Waals surface area contributed by atoms with E-state index < -0.39 is 10.0 Å². The van der Waals surface area contributed by atoms with Crippen LogP contribution in [0.4, 0.5) is 0 Å². The monoisotopic (exact) mass is 366 g/mol. The fraction of sp³-hybridized carbons (Fsp3) is 0.235. The molecule has 7 heteroatoms. The van der Waals surface area contributed by atoms with Crippen LogP contribution in [0.5, 0.6) is 0 Å². The Morgan fingerprint density at radius 3 is 2.33 bits per heavy atom. The summed E-state index contributed by atoms with van der Waals surface area (Å²) in [6.07, 6.45) is 0.0595. The van der Waals surface area contributed by atoms with Crippen molar-refractivity contribution in [2.24, 2.45) is 0 Å². The Morgan fingerprint density at radius 1 is 1.08 bits per heavy atom. The van der Waals surface area contributed by atoms with Crippen LogP contribution in [0, 0.1) is 0 Å². The molecule has 0 radical (unpaired) electrons. The van der Waals surface area contributed by atoms with Crippen LogP contribution >= 0.6 is 11.6 Å². The van der Waals surface area contributed by atoms with Crippen molar-refractivity contribution >= 4 is 27.5 Å². The molecule has 2 aromatic rings. The van der Waals surface area contributed by atoms with E-state index in [0.29, 0.717) is 5.02 Å². The molecule has 0 bridgehead atoms. The summed E-state index contributed by atoms with van der Waals surface area (Å²) < 4.78 is 26.6. The first-order valence-electron chi connectivity index (χ1n) is 7.48. The van der Waals surface area contributed by atoms with Gasteiger partial charge in [-0.25, -0.2) is 13.1 Å². The maximum Gasteiger partial charge on any atom is 0.240 e. The number of hydrogen-bond donors (Lipinski definition) is 2. The Bertz CT molecular complexity index is 777. The van der Waals surface area contributed by atoms with E-state index in [0.717, 1.165) is 5.56 Å². The molecule has 2 rings (SSSR count). The molecule has 0 unspecified atom stereocenters. The van der Waals surface area contributed by atoms with Crippen molar-refractivity contribution in [3.05, 3.63) is 65.2 Å². The number of halogens is 1. The largest absolute Gasteiger partial charge is 0.350 e. The molecule has 0 saturated carbocycles. The fourth-order valence-corrected chi connectivity index (χ4v) is 3.29. The Labute approximate surface area is 147 Å². The number of sulfonamides is 1. The molecule has 0 spiro atoms. The molecule has 2 aromatic carbocycles. The highest BCUT2D eigenvalue weighted by molar-refractivity contribution is 7.89. The van der Waals surface area contributed by atoms with Crippen molar-refractivity contribution in [3.8, 4) is 0 Å². The van der Waals surface area contributed by atoms with E-state index in [4.69, 9.17) is 11.6 Å². The smallest absolute Gasteiger partial charge is 0.240 e. The number of benzene rings is 2. The second-order valence-corrected chi connectivity index (χ2v) is 7.50. The van der Waals surface area contributed by atoms with Crippen molar-refractivity contribution in [1.29, 1.82) is 0 Å². The minimum Gasteiger partial charge on any atom is -0.350 e. The number of amides is 1. The molecule has 5 nitrogen and oxygen atoms in total. The summed E-state index contributed by atoms with van der Waals surface area (Å²) in [7, 11) is -3.64. The average Bonchev–Trinajstić information content (AvgIpc) is 2.56. The minimum atomic E-state index is -3.64. The summed E-state index contributed by atoms with van der Waals surface area (Å²) in [5, 5.41) is 3.30. The zero-order chi connectivity index (χ0) is 17.6. The molecule has 1 atom stereocenters. The molecule has 0 heterocycles. The highest BCUT2D eigenvalue weighted by Crippen LogP contribution is 2.14. The van der Waals surface area contributed by atoms with Crippen molar-refractivity contribution in [2.75, 3.05) is 6.54 Å². The quantitative estimate of drug-likeness (QED) is 0.791. The van der Waals surface area contributed by atoms with Gasteiger partial charge in [-0.3, -0.25) is 4.79 Å². The third kappa shape index (κ3) is 5.33. The zero-order valence-corrected chi connectivity index (χ0v) is 14.8. The molecule has 2 N–H and O–H groups in total. The number of hydrogen-bond acceptors (Lipinski definition) is 3. The summed E-state index contributed by atoms with van der Waals surface area (Å²) in [6, 6.07) is 15.3. The van der Waals surface area contributed by atoms with Gasteiger partial charge in [-0.05, 0) is 36.8 Å². The normalized spacial score (nSPS) is 12.6. The van der Waals surface area contributed by atoms with Gasteiger partial charge in [0.25, 0.3) is 0 Å². The summed E-state index contributed by atoms with van der Waals surface area (Å²) in [6.45, 7) is 1.91. The average molecular weight is 367 g/mol. The van der Waals surface area contributed by atoms with Gasteiger partial charge >= 0.3 is 0 Å². The van der Waals surface area contributed by atoms with Gasteiger partial charge in [0.2, 0.25) is 15.9 Å². The first-order chi connectivity index (χ1) is 11.4. The van der Waals surface area contributed by atoms with Gasteiger partial charge in [0.05, 0.1) is 10.9 Å². The molecule has 0 fully saturated rings. The van der Waals surface area contributed by atoms with E-state index >= 15 is 0 Å². The standard InChI is InChI=1S/C17H19ClN2O3S/c1-13(14-5-3-2-4-6-14)20-17(21)11-12-19-24(22,23)16-9-7-15(18)8-10-16/h2-10,13,19H,11-12H2,1H3,(H,20,21)/t13-/m1/s1. The lowest BCUT2D eigenvalue weighted by Gasteiger charge is -2.14. The molecule has 0 aliphatic heterocycles. The third-order valence-corrected chi connectivity index (χ3v) is 5.17. The van der Waals surface area contributed by atoms with Crippen LogP contribution in [-0.4, -0.2) is 20.9 Å². The Balaban J connectivity index is 1.83. The van der Waals surface area contributed by atoms with E-state index in [1.54, 1.807) is 0 Å². The number of carbonyl (C=O) groups excluding carboxylic acids is 1. The number of rotatable bonds is 7. The van der Waals surface area contributed by atoms with Crippen LogP contribution in [0.25, 0.3) is 0 Å². The molecule has 0 aromatic heterocycles. The molecule has 0 aliphatic carbocycles. The SMILES string of the molecule is C[C@@H](NC(=O)CCNS(=O)(=O)c1ccc(Cl)cc1)c1ccccc1. The van der Waals surface area contributed by atoms with E-state index in [1.165, 1.54) is 24.3 Å². The summed E-state index contributed by atoms with van der Waals surface area (Å²) in [5.41, 5.74) is 0.993. The lowest BCUT2D eigenvalue weighted by Crippen LogP contribution is -2.32. The Morgan fingerprint density at radius 2 is 1.71 bits per heavy atom. The van der Waals surface area contributed by atoms with Gasteiger partial charge in [-0.2, -0.15) is 0 Å². The Kier molecular flexibility index (Phi) is 6.36. The van der Waals surface area contributed by atoms with Crippen molar-refractivity contribution in [3.63, 3.8) is 0 Å². The van der Waals surface area contributed by atoms with E-state index in [9.17, 15) is 13.2 Å². The van der Waals surface area contributed by atoms with Gasteiger partial charge in [-0.15, -0.1) is 0 Å². The second kappa shape index (κ2) is 8.28. The van der Waals surface area contributed by atoms with Gasteiger partial charge < -0.3 is 5.32 Å². The summed E-state index contributed by atoms with van der Waals surface area (Å²) >= 11 is 5.74. The molecule has 1 amide bonds. The van der Waals surface area contributed by atoms with Crippen molar-refractivity contribution < 1.29 is 13.2 Å². The van der Waals surface area contributed by atoms with E-state index in [2.05, 4.69) is 10.0 Å². The van der Waals surface area contributed by atoms with Gasteiger partial charge in [0.1, 0.15) is 0 Å². The molecule has 128 valence electrons. The van der Waals surface area contributed by atoms with Crippen LogP contribution in [0.3, 0.4) is 0 Å². The summed E-state index contributed by atoms with van der Waals surface area (Å²) in [4.78, 5) is 12.0. The van der Waals surface area contributed by atoms with Gasteiger partial charge in [-0.1, -0.05) is 41.9 Å². The van der Waals surface area contributed by atoms with E-state index in [-0.39, 0.29) is 29.8 Å². The molecular formula is C17H19ClN2O3S. The van der Waals surface area contributed by atoms with Crippen LogP contribution < -0.4 is 10.0 Å². The lowest BCUT2D eigenvalue weighted by atomic mass is 10.1. The second-order valence-electron chi connectivity index (χ2n) is 5.30. The molecule has 0 aliphatic rings. The first-order valence-corrected chi connectivity index (χ1v) is 9.34. The van der Waals surface area contributed by atoms with Crippen LogP contribution in [0.1, 0.15) is 24.9 Å². The topological polar surface area (TPSA) is 75.3 Å². The maximum atomic E-state index is 12.1. The maximum absolute atomic E-state index is 12.1. The molecular weight excluding hydrogens is 348 g/mol. The van der Waals surface area contributed by atoms with Crippen molar-refractivity contribution in [1.82, 2.24) is 10.0 Å². The van der Waals surface area contributed by atoms with Gasteiger partial charge in [0.15, 0.2) is 0 Å². The first kappa shape index (κ1) is 18.4. The zero-order valence-electron chi connectivity index (χ0n) is 13.2.